The molecule has 2 rings (SSSR count). The normalized spacial score (nSPS) is 32.2. The van der Waals surface area contributed by atoms with Gasteiger partial charge < -0.3 is 10.2 Å². The topological polar surface area (TPSA) is 32.3 Å². The lowest BCUT2D eigenvalue weighted by Crippen LogP contribution is -2.40. The average molecular weight is 194 g/mol. The average Bonchev–Trinajstić information content (AvgIpc) is 2.61. The van der Waals surface area contributed by atoms with Crippen molar-refractivity contribution in [2.75, 3.05) is 19.6 Å². The molecular weight excluding hydrogens is 176 g/mol. The number of amides is 1. The maximum atomic E-state index is 11.6. The molecule has 0 radical (unpaired) electrons. The van der Waals surface area contributed by atoms with Gasteiger partial charge in [0.15, 0.2) is 0 Å². The third-order valence-electron chi connectivity index (χ3n) is 3.22. The zero-order valence-electron chi connectivity index (χ0n) is 8.70. The number of hydrogen-bond acceptors (Lipinski definition) is 2. The van der Waals surface area contributed by atoms with Crippen molar-refractivity contribution >= 4 is 5.91 Å². The van der Waals surface area contributed by atoms with Gasteiger partial charge in [-0.05, 0) is 38.3 Å². The Morgan fingerprint density at radius 1 is 1.50 bits per heavy atom. The Hall–Kier alpha value is -0.830. The van der Waals surface area contributed by atoms with E-state index in [-0.39, 0.29) is 5.91 Å². The number of rotatable bonds is 1. The monoisotopic (exact) mass is 194 g/mol. The Bertz CT molecular complexity index is 236. The zero-order chi connectivity index (χ0) is 9.97. The minimum absolute atomic E-state index is 0.170. The van der Waals surface area contributed by atoms with Crippen molar-refractivity contribution in [1.82, 2.24) is 10.2 Å². The Labute approximate surface area is 85.2 Å². The van der Waals surface area contributed by atoms with Gasteiger partial charge in [0.1, 0.15) is 0 Å². The summed E-state index contributed by atoms with van der Waals surface area (Å²) in [4.78, 5) is 13.6. The molecule has 0 aromatic carbocycles. The molecule has 0 aromatic heterocycles. The van der Waals surface area contributed by atoms with Crippen molar-refractivity contribution in [2.24, 2.45) is 5.92 Å². The summed E-state index contributed by atoms with van der Waals surface area (Å²) >= 11 is 0. The highest BCUT2D eigenvalue weighted by Crippen LogP contribution is 2.24. The highest BCUT2D eigenvalue weighted by atomic mass is 16.2. The molecule has 0 spiro atoms. The lowest BCUT2D eigenvalue weighted by atomic mass is 9.94. The molecule has 2 atom stereocenters. The van der Waals surface area contributed by atoms with E-state index >= 15 is 0 Å². The molecule has 3 nitrogen and oxygen atoms in total. The molecule has 3 heteroatoms. The summed E-state index contributed by atoms with van der Waals surface area (Å²) in [6.45, 7) is 4.85. The van der Waals surface area contributed by atoms with Gasteiger partial charge in [-0.2, -0.15) is 0 Å². The van der Waals surface area contributed by atoms with Gasteiger partial charge >= 0.3 is 0 Å². The molecule has 2 aliphatic rings. The van der Waals surface area contributed by atoms with Crippen LogP contribution in [0.4, 0.5) is 0 Å². The number of nitrogens with one attached hydrogen (secondary N) is 1. The summed E-state index contributed by atoms with van der Waals surface area (Å²) in [5, 5.41) is 3.49. The molecule has 2 fully saturated rings. The van der Waals surface area contributed by atoms with Gasteiger partial charge in [0.2, 0.25) is 5.91 Å². The van der Waals surface area contributed by atoms with Gasteiger partial charge in [0.05, 0.1) is 0 Å². The van der Waals surface area contributed by atoms with Gasteiger partial charge in [0.25, 0.3) is 0 Å². The Balaban J connectivity index is 1.95. The van der Waals surface area contributed by atoms with Crippen LogP contribution in [0.1, 0.15) is 19.8 Å². The molecule has 1 amide bonds. The van der Waals surface area contributed by atoms with Crippen molar-refractivity contribution in [2.45, 2.75) is 25.8 Å². The zero-order valence-corrected chi connectivity index (χ0v) is 8.70. The Morgan fingerprint density at radius 3 is 3.07 bits per heavy atom. The third-order valence-corrected chi connectivity index (χ3v) is 3.22. The second kappa shape index (κ2) is 4.13. The number of nitrogens with zero attached hydrogens (tertiary/aromatic N) is 1. The van der Waals surface area contributed by atoms with E-state index in [4.69, 9.17) is 0 Å². The molecule has 2 aliphatic heterocycles. The van der Waals surface area contributed by atoms with E-state index in [9.17, 15) is 4.79 Å². The summed E-state index contributed by atoms with van der Waals surface area (Å²) < 4.78 is 0. The van der Waals surface area contributed by atoms with E-state index in [2.05, 4.69) is 5.32 Å². The fourth-order valence-electron chi connectivity index (χ4n) is 2.47. The molecular formula is C11H18N2O. The maximum absolute atomic E-state index is 11.6. The van der Waals surface area contributed by atoms with Gasteiger partial charge in [0, 0.05) is 19.1 Å². The molecule has 0 aromatic rings. The number of fused-ring (bicyclic) bond motifs is 1. The maximum Gasteiger partial charge on any atom is 0.246 e. The van der Waals surface area contributed by atoms with E-state index in [1.165, 1.54) is 12.8 Å². The van der Waals surface area contributed by atoms with Gasteiger partial charge in [-0.3, -0.25) is 4.79 Å². The Kier molecular flexibility index (Phi) is 2.87. The van der Waals surface area contributed by atoms with Crippen LogP contribution in [-0.2, 0) is 4.79 Å². The summed E-state index contributed by atoms with van der Waals surface area (Å²) in [5.74, 6) is 0.863. The number of likely N-dealkylation sites (tertiary alicyclic amines) is 1. The molecule has 78 valence electrons. The largest absolute Gasteiger partial charge is 0.337 e. The van der Waals surface area contributed by atoms with Crippen molar-refractivity contribution < 1.29 is 4.79 Å². The van der Waals surface area contributed by atoms with Crippen LogP contribution in [0, 0.1) is 5.92 Å². The van der Waals surface area contributed by atoms with Crippen LogP contribution < -0.4 is 5.32 Å². The first-order valence-corrected chi connectivity index (χ1v) is 5.46. The number of piperidine rings is 1. The van der Waals surface area contributed by atoms with E-state index in [0.29, 0.717) is 12.0 Å². The first kappa shape index (κ1) is 9.71. The molecule has 2 heterocycles. The lowest BCUT2D eigenvalue weighted by molar-refractivity contribution is -0.125. The summed E-state index contributed by atoms with van der Waals surface area (Å²) in [6, 6.07) is 0.554. The highest BCUT2D eigenvalue weighted by Gasteiger charge is 2.35. The fourth-order valence-corrected chi connectivity index (χ4v) is 2.47. The van der Waals surface area contributed by atoms with Crippen LogP contribution in [0.2, 0.25) is 0 Å². The van der Waals surface area contributed by atoms with E-state index < -0.39 is 0 Å². The number of carbonyl (C=O) groups excluding carboxylic acids is 1. The first-order chi connectivity index (χ1) is 6.81. The molecule has 1 N–H and O–H groups in total. The SMILES string of the molecule is C/C=C/C(=O)N1C[C@@H]2CCCN[C@@H]2C1. The first-order valence-electron chi connectivity index (χ1n) is 5.46. The minimum atomic E-state index is 0.170. The Morgan fingerprint density at radius 2 is 2.36 bits per heavy atom. The smallest absolute Gasteiger partial charge is 0.246 e. The molecule has 0 aliphatic carbocycles. The lowest BCUT2D eigenvalue weighted by Gasteiger charge is -2.24. The van der Waals surface area contributed by atoms with E-state index in [0.717, 1.165) is 19.6 Å². The van der Waals surface area contributed by atoms with Crippen molar-refractivity contribution in [3.8, 4) is 0 Å². The minimum Gasteiger partial charge on any atom is -0.337 e. The van der Waals surface area contributed by atoms with Crippen LogP contribution in [0.25, 0.3) is 0 Å². The van der Waals surface area contributed by atoms with Gasteiger partial charge in [-0.15, -0.1) is 0 Å². The predicted molar refractivity (Wildman–Crippen MR) is 55.9 cm³/mol. The molecule has 0 bridgehead atoms. The highest BCUT2D eigenvalue weighted by molar-refractivity contribution is 5.87. The van der Waals surface area contributed by atoms with Crippen LogP contribution in [0.5, 0.6) is 0 Å². The molecule has 14 heavy (non-hydrogen) atoms. The third kappa shape index (κ3) is 1.82. The van der Waals surface area contributed by atoms with Crippen molar-refractivity contribution in [3.05, 3.63) is 12.2 Å². The molecule has 0 saturated carbocycles. The van der Waals surface area contributed by atoms with E-state index in [1.54, 1.807) is 6.08 Å². The quantitative estimate of drug-likeness (QED) is 0.625. The summed E-state index contributed by atoms with van der Waals surface area (Å²) in [5.41, 5.74) is 0. The standard InChI is InChI=1S/C11H18N2O/c1-2-4-11(14)13-7-9-5-3-6-12-10(9)8-13/h2,4,9-10,12H,3,5-8H2,1H3/b4-2+/t9-,10+/m0/s1. The second-order valence-corrected chi connectivity index (χ2v) is 4.21. The molecule has 2 saturated heterocycles. The van der Waals surface area contributed by atoms with Gasteiger partial charge in [-0.1, -0.05) is 6.08 Å². The number of hydrogen-bond donors (Lipinski definition) is 1. The summed E-state index contributed by atoms with van der Waals surface area (Å²) in [6.07, 6.45) is 6.01. The molecule has 0 unspecified atom stereocenters. The number of allylic oxidation sites excluding steroid dienone is 1. The summed E-state index contributed by atoms with van der Waals surface area (Å²) in [7, 11) is 0. The van der Waals surface area contributed by atoms with Gasteiger partial charge in [-0.25, -0.2) is 0 Å². The fraction of sp³-hybridized carbons (Fsp3) is 0.727. The van der Waals surface area contributed by atoms with Crippen molar-refractivity contribution in [3.63, 3.8) is 0 Å². The van der Waals surface area contributed by atoms with Crippen LogP contribution in [-0.4, -0.2) is 36.5 Å². The van der Waals surface area contributed by atoms with Crippen LogP contribution in [0.3, 0.4) is 0 Å². The van der Waals surface area contributed by atoms with Crippen LogP contribution in [0.15, 0.2) is 12.2 Å². The second-order valence-electron chi connectivity index (χ2n) is 4.21. The van der Waals surface area contributed by atoms with Crippen molar-refractivity contribution in [1.29, 1.82) is 0 Å². The van der Waals surface area contributed by atoms with Crippen LogP contribution >= 0.6 is 0 Å². The number of carbonyl (C=O) groups is 1. The van der Waals surface area contributed by atoms with E-state index in [1.807, 2.05) is 17.9 Å². The predicted octanol–water partition coefficient (Wildman–Crippen LogP) is 0.773.